The lowest BCUT2D eigenvalue weighted by Gasteiger charge is -2.22. The van der Waals surface area contributed by atoms with Crippen molar-refractivity contribution in [2.45, 2.75) is 19.8 Å². The van der Waals surface area contributed by atoms with Crippen molar-refractivity contribution in [1.29, 1.82) is 0 Å². The van der Waals surface area contributed by atoms with Crippen LogP contribution in [0.5, 0.6) is 11.5 Å². The van der Waals surface area contributed by atoms with E-state index in [2.05, 4.69) is 23.2 Å². The van der Waals surface area contributed by atoms with E-state index < -0.39 is 0 Å². The number of nitrogens with zero attached hydrogens (tertiary/aromatic N) is 1. The third-order valence-corrected chi connectivity index (χ3v) is 3.99. The molecular formula is C16H26N2O2. The first-order valence-corrected chi connectivity index (χ1v) is 7.46. The van der Waals surface area contributed by atoms with Crippen LogP contribution in [0, 0.1) is 5.92 Å². The summed E-state index contributed by atoms with van der Waals surface area (Å²) in [5, 5.41) is 3.41. The summed E-state index contributed by atoms with van der Waals surface area (Å²) in [4.78, 5) is 2.41. The summed E-state index contributed by atoms with van der Waals surface area (Å²) in [5.41, 5.74) is 1.15. The van der Waals surface area contributed by atoms with Gasteiger partial charge in [-0.15, -0.1) is 0 Å². The average molecular weight is 278 g/mol. The van der Waals surface area contributed by atoms with Crippen LogP contribution < -0.4 is 19.7 Å². The topological polar surface area (TPSA) is 33.7 Å². The molecule has 1 aliphatic rings. The second kappa shape index (κ2) is 7.39. The fraction of sp³-hybridized carbons (Fsp3) is 0.625. The van der Waals surface area contributed by atoms with Crippen molar-refractivity contribution < 1.29 is 9.47 Å². The van der Waals surface area contributed by atoms with Gasteiger partial charge in [0, 0.05) is 19.2 Å². The molecule has 4 heteroatoms. The van der Waals surface area contributed by atoms with Gasteiger partial charge in [0.1, 0.15) is 11.5 Å². The molecule has 112 valence electrons. The lowest BCUT2D eigenvalue weighted by molar-refractivity contribution is 0.403. The van der Waals surface area contributed by atoms with Crippen LogP contribution in [0.3, 0.4) is 0 Å². The first-order valence-electron chi connectivity index (χ1n) is 7.46. The van der Waals surface area contributed by atoms with Crippen molar-refractivity contribution in [1.82, 2.24) is 5.32 Å². The Hall–Kier alpha value is -1.42. The summed E-state index contributed by atoms with van der Waals surface area (Å²) in [6, 6.07) is 6.01. The Morgan fingerprint density at radius 3 is 2.85 bits per heavy atom. The van der Waals surface area contributed by atoms with Crippen LogP contribution in [-0.2, 0) is 0 Å². The highest BCUT2D eigenvalue weighted by molar-refractivity contribution is 5.62. The van der Waals surface area contributed by atoms with Crippen molar-refractivity contribution in [2.75, 3.05) is 45.3 Å². The zero-order chi connectivity index (χ0) is 14.4. The van der Waals surface area contributed by atoms with E-state index in [0.717, 1.165) is 49.3 Å². The molecule has 4 nitrogen and oxygen atoms in total. The van der Waals surface area contributed by atoms with E-state index in [0.29, 0.717) is 0 Å². The van der Waals surface area contributed by atoms with Gasteiger partial charge in [0.05, 0.1) is 19.9 Å². The number of anilines is 1. The van der Waals surface area contributed by atoms with Gasteiger partial charge in [-0.1, -0.05) is 6.92 Å². The van der Waals surface area contributed by atoms with Crippen LogP contribution in [0.15, 0.2) is 18.2 Å². The number of hydrogen-bond acceptors (Lipinski definition) is 4. The first kappa shape index (κ1) is 15.0. The maximum absolute atomic E-state index is 5.48. The standard InChI is InChI=1S/C16H26N2O2/c1-4-17-9-7-13-8-10-18(12-13)15-11-14(19-2)5-6-16(15)20-3/h5-6,11,13,17H,4,7-10,12H2,1-3H3. The average Bonchev–Trinajstić information content (AvgIpc) is 2.95. The van der Waals surface area contributed by atoms with Crippen molar-refractivity contribution in [3.05, 3.63) is 18.2 Å². The number of methoxy groups -OCH3 is 2. The molecule has 1 heterocycles. The van der Waals surface area contributed by atoms with E-state index in [1.807, 2.05) is 12.1 Å². The highest BCUT2D eigenvalue weighted by Gasteiger charge is 2.24. The van der Waals surface area contributed by atoms with E-state index in [1.54, 1.807) is 14.2 Å². The Labute approximate surface area is 122 Å². The van der Waals surface area contributed by atoms with E-state index in [4.69, 9.17) is 9.47 Å². The molecule has 1 saturated heterocycles. The summed E-state index contributed by atoms with van der Waals surface area (Å²) >= 11 is 0. The quantitative estimate of drug-likeness (QED) is 0.777. The second-order valence-corrected chi connectivity index (χ2v) is 5.28. The molecule has 0 spiro atoms. The molecule has 1 aromatic carbocycles. The lowest BCUT2D eigenvalue weighted by Crippen LogP contribution is -2.22. The molecule has 0 bridgehead atoms. The minimum Gasteiger partial charge on any atom is -0.497 e. The first-order chi connectivity index (χ1) is 9.78. The van der Waals surface area contributed by atoms with Gasteiger partial charge in [-0.25, -0.2) is 0 Å². The van der Waals surface area contributed by atoms with Crippen LogP contribution in [0.4, 0.5) is 5.69 Å². The van der Waals surface area contributed by atoms with Crippen LogP contribution >= 0.6 is 0 Å². The predicted octanol–water partition coefficient (Wildman–Crippen LogP) is 2.53. The van der Waals surface area contributed by atoms with Crippen molar-refractivity contribution >= 4 is 5.69 Å². The number of hydrogen-bond donors (Lipinski definition) is 1. The zero-order valence-corrected chi connectivity index (χ0v) is 12.8. The van der Waals surface area contributed by atoms with Gasteiger partial charge in [-0.2, -0.15) is 0 Å². The molecule has 0 aromatic heterocycles. The van der Waals surface area contributed by atoms with Gasteiger partial charge in [-0.3, -0.25) is 0 Å². The van der Waals surface area contributed by atoms with Gasteiger partial charge in [0.25, 0.3) is 0 Å². The highest BCUT2D eigenvalue weighted by atomic mass is 16.5. The molecule has 1 unspecified atom stereocenters. The molecule has 1 aromatic rings. The number of nitrogens with one attached hydrogen (secondary N) is 1. The number of rotatable bonds is 7. The largest absolute Gasteiger partial charge is 0.497 e. The van der Waals surface area contributed by atoms with Gasteiger partial charge >= 0.3 is 0 Å². The van der Waals surface area contributed by atoms with Gasteiger partial charge < -0.3 is 19.7 Å². The molecule has 1 aliphatic heterocycles. The molecule has 20 heavy (non-hydrogen) atoms. The Morgan fingerprint density at radius 2 is 2.15 bits per heavy atom. The molecule has 0 amide bonds. The van der Waals surface area contributed by atoms with E-state index in [9.17, 15) is 0 Å². The summed E-state index contributed by atoms with van der Waals surface area (Å²) < 4.78 is 10.8. The summed E-state index contributed by atoms with van der Waals surface area (Å²) in [5.74, 6) is 2.58. The Morgan fingerprint density at radius 1 is 1.30 bits per heavy atom. The van der Waals surface area contributed by atoms with Crippen molar-refractivity contribution in [2.24, 2.45) is 5.92 Å². The third kappa shape index (κ3) is 3.57. The normalized spacial score (nSPS) is 18.4. The molecular weight excluding hydrogens is 252 g/mol. The SMILES string of the molecule is CCNCCC1CCN(c2cc(OC)ccc2OC)C1. The monoisotopic (exact) mass is 278 g/mol. The van der Waals surface area contributed by atoms with E-state index in [-0.39, 0.29) is 0 Å². The molecule has 1 N–H and O–H groups in total. The third-order valence-electron chi connectivity index (χ3n) is 3.99. The molecule has 1 fully saturated rings. The highest BCUT2D eigenvalue weighted by Crippen LogP contribution is 2.35. The Bertz CT molecular complexity index is 423. The maximum atomic E-state index is 5.48. The maximum Gasteiger partial charge on any atom is 0.142 e. The fourth-order valence-electron chi connectivity index (χ4n) is 2.81. The number of benzene rings is 1. The molecule has 0 radical (unpaired) electrons. The van der Waals surface area contributed by atoms with Crippen molar-refractivity contribution in [3.63, 3.8) is 0 Å². The minimum absolute atomic E-state index is 0.768. The van der Waals surface area contributed by atoms with Crippen molar-refractivity contribution in [3.8, 4) is 11.5 Å². The second-order valence-electron chi connectivity index (χ2n) is 5.28. The van der Waals surface area contributed by atoms with Crippen LogP contribution in [-0.4, -0.2) is 40.4 Å². The van der Waals surface area contributed by atoms with Crippen LogP contribution in [0.25, 0.3) is 0 Å². The summed E-state index contributed by atoms with van der Waals surface area (Å²) in [6.07, 6.45) is 2.50. The Balaban J connectivity index is 2.01. The summed E-state index contributed by atoms with van der Waals surface area (Å²) in [7, 11) is 3.43. The molecule has 0 saturated carbocycles. The minimum atomic E-state index is 0.768. The van der Waals surface area contributed by atoms with E-state index in [1.165, 1.54) is 12.8 Å². The fourth-order valence-corrected chi connectivity index (χ4v) is 2.81. The summed E-state index contributed by atoms with van der Waals surface area (Å²) in [6.45, 7) is 6.53. The molecule has 0 aliphatic carbocycles. The Kier molecular flexibility index (Phi) is 5.53. The van der Waals surface area contributed by atoms with Crippen LogP contribution in [0.2, 0.25) is 0 Å². The van der Waals surface area contributed by atoms with Gasteiger partial charge in [0.2, 0.25) is 0 Å². The van der Waals surface area contributed by atoms with E-state index >= 15 is 0 Å². The number of ether oxygens (including phenoxy) is 2. The van der Waals surface area contributed by atoms with Crippen LogP contribution in [0.1, 0.15) is 19.8 Å². The molecule has 2 rings (SSSR count). The predicted molar refractivity (Wildman–Crippen MR) is 83.0 cm³/mol. The van der Waals surface area contributed by atoms with Gasteiger partial charge in [-0.05, 0) is 44.0 Å². The smallest absolute Gasteiger partial charge is 0.142 e. The zero-order valence-electron chi connectivity index (χ0n) is 12.8. The molecule has 1 atom stereocenters. The van der Waals surface area contributed by atoms with Gasteiger partial charge in [0.15, 0.2) is 0 Å². The lowest BCUT2D eigenvalue weighted by atomic mass is 10.1.